The average molecular weight is 273 g/mol. The highest BCUT2D eigenvalue weighted by molar-refractivity contribution is 5.42. The van der Waals surface area contributed by atoms with E-state index in [1.165, 1.54) is 50.7 Å². The molecule has 1 nitrogen and oxygen atoms in total. The van der Waals surface area contributed by atoms with Gasteiger partial charge in [0, 0.05) is 12.2 Å². The van der Waals surface area contributed by atoms with Gasteiger partial charge in [-0.25, -0.2) is 4.39 Å². The van der Waals surface area contributed by atoms with Crippen LogP contribution in [-0.4, -0.2) is 6.54 Å². The highest BCUT2D eigenvalue weighted by atomic mass is 19.1. The smallest absolute Gasteiger partial charge is 0.123 e. The number of benzene rings is 1. The van der Waals surface area contributed by atoms with E-state index in [4.69, 9.17) is 0 Å². The van der Waals surface area contributed by atoms with E-state index in [0.717, 1.165) is 41.8 Å². The molecule has 0 atom stereocenters. The zero-order valence-electron chi connectivity index (χ0n) is 12.0. The van der Waals surface area contributed by atoms with Crippen molar-refractivity contribution in [3.63, 3.8) is 0 Å². The first-order valence-corrected chi connectivity index (χ1v) is 8.27. The van der Waals surface area contributed by atoms with Crippen LogP contribution in [0.5, 0.6) is 0 Å². The van der Waals surface area contributed by atoms with Gasteiger partial charge in [-0.1, -0.05) is 0 Å². The molecule has 20 heavy (non-hydrogen) atoms. The summed E-state index contributed by atoms with van der Waals surface area (Å²) in [6.07, 6.45) is 8.87. The predicted octanol–water partition coefficient (Wildman–Crippen LogP) is 4.70. The molecule has 4 bridgehead atoms. The standard InChI is InChI=1S/C18H24FN/c19-16-1-3-17(4-2-16)20-6-5-18-14-8-12-7-13(10-14)11-15(18)9-12/h1-4,12-15,18,20H,5-11H2. The van der Waals surface area contributed by atoms with E-state index in [1.807, 2.05) is 12.1 Å². The van der Waals surface area contributed by atoms with Crippen LogP contribution in [0.25, 0.3) is 0 Å². The maximum Gasteiger partial charge on any atom is 0.123 e. The van der Waals surface area contributed by atoms with Crippen molar-refractivity contribution in [3.8, 4) is 0 Å². The van der Waals surface area contributed by atoms with Gasteiger partial charge >= 0.3 is 0 Å². The Morgan fingerprint density at radius 2 is 1.50 bits per heavy atom. The van der Waals surface area contributed by atoms with Gasteiger partial charge in [-0.2, -0.15) is 0 Å². The molecule has 0 aromatic heterocycles. The summed E-state index contributed by atoms with van der Waals surface area (Å²) in [7, 11) is 0. The van der Waals surface area contributed by atoms with Crippen LogP contribution in [-0.2, 0) is 0 Å². The Labute approximate surface area is 121 Å². The molecular formula is C18H24FN. The van der Waals surface area contributed by atoms with E-state index in [-0.39, 0.29) is 5.82 Å². The molecule has 0 saturated heterocycles. The van der Waals surface area contributed by atoms with Crippen molar-refractivity contribution in [1.29, 1.82) is 0 Å². The highest BCUT2D eigenvalue weighted by Gasteiger charge is 2.47. The molecule has 1 aromatic rings. The minimum Gasteiger partial charge on any atom is -0.385 e. The Kier molecular flexibility index (Phi) is 3.20. The number of halogens is 1. The lowest BCUT2D eigenvalue weighted by Crippen LogP contribution is -2.45. The summed E-state index contributed by atoms with van der Waals surface area (Å²) in [5, 5.41) is 3.46. The molecule has 4 fully saturated rings. The lowest BCUT2D eigenvalue weighted by atomic mass is 9.51. The fraction of sp³-hybridized carbons (Fsp3) is 0.667. The molecule has 0 spiro atoms. The van der Waals surface area contributed by atoms with E-state index in [2.05, 4.69) is 5.32 Å². The third-order valence-corrected chi connectivity index (χ3v) is 6.07. The van der Waals surface area contributed by atoms with Gasteiger partial charge in [-0.15, -0.1) is 0 Å². The first kappa shape index (κ1) is 12.7. The van der Waals surface area contributed by atoms with E-state index < -0.39 is 0 Å². The lowest BCUT2D eigenvalue weighted by molar-refractivity contribution is -0.0381. The van der Waals surface area contributed by atoms with Crippen LogP contribution in [0.2, 0.25) is 0 Å². The van der Waals surface area contributed by atoms with E-state index in [0.29, 0.717) is 0 Å². The first-order chi connectivity index (χ1) is 9.78. The van der Waals surface area contributed by atoms with E-state index in [1.54, 1.807) is 0 Å². The fourth-order valence-electron chi connectivity index (χ4n) is 5.46. The number of hydrogen-bond donors (Lipinski definition) is 1. The molecule has 4 aliphatic rings. The minimum atomic E-state index is -0.156. The molecule has 0 unspecified atom stereocenters. The summed E-state index contributed by atoms with van der Waals surface area (Å²) >= 11 is 0. The van der Waals surface area contributed by atoms with Gasteiger partial charge in [0.2, 0.25) is 0 Å². The van der Waals surface area contributed by atoms with E-state index in [9.17, 15) is 4.39 Å². The predicted molar refractivity (Wildman–Crippen MR) is 80.0 cm³/mol. The Balaban J connectivity index is 1.32. The number of hydrogen-bond acceptors (Lipinski definition) is 1. The van der Waals surface area contributed by atoms with E-state index >= 15 is 0 Å². The van der Waals surface area contributed by atoms with Crippen LogP contribution >= 0.6 is 0 Å². The van der Waals surface area contributed by atoms with Crippen molar-refractivity contribution in [3.05, 3.63) is 30.1 Å². The van der Waals surface area contributed by atoms with Crippen LogP contribution in [0.3, 0.4) is 0 Å². The summed E-state index contributed by atoms with van der Waals surface area (Å²) in [4.78, 5) is 0. The molecule has 4 aliphatic carbocycles. The topological polar surface area (TPSA) is 12.0 Å². The summed E-state index contributed by atoms with van der Waals surface area (Å²) in [6.45, 7) is 1.04. The van der Waals surface area contributed by atoms with Crippen molar-refractivity contribution >= 4 is 5.69 Å². The van der Waals surface area contributed by atoms with Crippen LogP contribution in [0.1, 0.15) is 38.5 Å². The Morgan fingerprint density at radius 3 is 2.10 bits per heavy atom. The maximum absolute atomic E-state index is 12.9. The van der Waals surface area contributed by atoms with Crippen LogP contribution in [0, 0.1) is 35.4 Å². The summed E-state index contributed by atoms with van der Waals surface area (Å²) in [5.74, 6) is 4.97. The number of anilines is 1. The highest BCUT2D eigenvalue weighted by Crippen LogP contribution is 2.57. The zero-order valence-corrected chi connectivity index (χ0v) is 12.0. The van der Waals surface area contributed by atoms with Crippen LogP contribution < -0.4 is 5.32 Å². The summed E-state index contributed by atoms with van der Waals surface area (Å²) < 4.78 is 12.9. The van der Waals surface area contributed by atoms with Crippen molar-refractivity contribution < 1.29 is 4.39 Å². The number of rotatable bonds is 4. The van der Waals surface area contributed by atoms with Gasteiger partial charge in [0.25, 0.3) is 0 Å². The normalized spacial score (nSPS) is 38.1. The van der Waals surface area contributed by atoms with Gasteiger partial charge in [0.15, 0.2) is 0 Å². The van der Waals surface area contributed by atoms with Gasteiger partial charge < -0.3 is 5.32 Å². The fourth-order valence-corrected chi connectivity index (χ4v) is 5.46. The third-order valence-electron chi connectivity index (χ3n) is 6.07. The van der Waals surface area contributed by atoms with Crippen molar-refractivity contribution in [2.45, 2.75) is 38.5 Å². The molecule has 0 radical (unpaired) electrons. The lowest BCUT2D eigenvalue weighted by Gasteiger charge is -2.54. The first-order valence-electron chi connectivity index (χ1n) is 8.27. The second kappa shape index (κ2) is 5.05. The molecule has 4 saturated carbocycles. The van der Waals surface area contributed by atoms with Crippen LogP contribution in [0.15, 0.2) is 24.3 Å². The van der Waals surface area contributed by atoms with Gasteiger partial charge in [-0.05, 0) is 92.4 Å². The maximum atomic E-state index is 12.9. The molecule has 0 aliphatic heterocycles. The zero-order chi connectivity index (χ0) is 13.5. The SMILES string of the molecule is Fc1ccc(NCCC2C3CC4CC(C3)CC2C4)cc1. The Hall–Kier alpha value is -1.05. The Morgan fingerprint density at radius 1 is 0.900 bits per heavy atom. The average Bonchev–Trinajstić information content (AvgIpc) is 2.43. The molecule has 5 rings (SSSR count). The molecule has 108 valence electrons. The summed E-state index contributed by atoms with van der Waals surface area (Å²) in [5.41, 5.74) is 1.05. The van der Waals surface area contributed by atoms with Gasteiger partial charge in [0.1, 0.15) is 5.82 Å². The monoisotopic (exact) mass is 273 g/mol. The third kappa shape index (κ3) is 2.34. The quantitative estimate of drug-likeness (QED) is 0.838. The molecule has 2 heteroatoms. The molecule has 0 amide bonds. The van der Waals surface area contributed by atoms with Crippen molar-refractivity contribution in [2.75, 3.05) is 11.9 Å². The van der Waals surface area contributed by atoms with Crippen molar-refractivity contribution in [1.82, 2.24) is 0 Å². The molecule has 1 N–H and O–H groups in total. The minimum absolute atomic E-state index is 0.156. The molecule has 0 heterocycles. The van der Waals surface area contributed by atoms with Crippen molar-refractivity contribution in [2.24, 2.45) is 29.6 Å². The Bertz CT molecular complexity index is 439. The van der Waals surface area contributed by atoms with Crippen LogP contribution in [0.4, 0.5) is 10.1 Å². The van der Waals surface area contributed by atoms with Gasteiger partial charge in [-0.3, -0.25) is 0 Å². The number of nitrogens with one attached hydrogen (secondary N) is 1. The second-order valence-corrected chi connectivity index (χ2v) is 7.32. The second-order valence-electron chi connectivity index (χ2n) is 7.32. The van der Waals surface area contributed by atoms with Gasteiger partial charge in [0.05, 0.1) is 0 Å². The molecule has 1 aromatic carbocycles. The largest absolute Gasteiger partial charge is 0.385 e. The summed E-state index contributed by atoms with van der Waals surface area (Å²) in [6, 6.07) is 6.74. The molecular weight excluding hydrogens is 249 g/mol.